The van der Waals surface area contributed by atoms with E-state index in [0.717, 1.165) is 11.3 Å². The predicted octanol–water partition coefficient (Wildman–Crippen LogP) is 2.81. The maximum atomic E-state index is 11.6. The van der Waals surface area contributed by atoms with Crippen LogP contribution in [-0.2, 0) is 6.54 Å². The fourth-order valence-corrected chi connectivity index (χ4v) is 1.42. The van der Waals surface area contributed by atoms with Crippen LogP contribution in [0.3, 0.4) is 0 Å². The number of carbonyl (C=O) groups is 1. The first-order valence-electron chi connectivity index (χ1n) is 5.39. The Kier molecular flexibility index (Phi) is 3.76. The first-order valence-corrected chi connectivity index (χ1v) is 5.39. The molecular formula is C14H13N2O. The van der Waals surface area contributed by atoms with Gasteiger partial charge < -0.3 is 10.6 Å². The Morgan fingerprint density at radius 2 is 1.76 bits per heavy atom. The van der Waals surface area contributed by atoms with Crippen molar-refractivity contribution in [1.82, 2.24) is 5.32 Å². The zero-order valence-corrected chi connectivity index (χ0v) is 9.31. The fourth-order valence-electron chi connectivity index (χ4n) is 1.42. The molecule has 0 bridgehead atoms. The summed E-state index contributed by atoms with van der Waals surface area (Å²) in [6.45, 7) is 0.519. The average Bonchev–Trinajstić information content (AvgIpc) is 2.39. The maximum absolute atomic E-state index is 11.6. The van der Waals surface area contributed by atoms with Gasteiger partial charge in [-0.05, 0) is 23.8 Å². The largest absolute Gasteiger partial charge is 0.334 e. The van der Waals surface area contributed by atoms with Gasteiger partial charge >= 0.3 is 6.03 Å². The van der Waals surface area contributed by atoms with E-state index >= 15 is 0 Å². The van der Waals surface area contributed by atoms with Gasteiger partial charge in [-0.15, -0.1) is 0 Å². The third kappa shape index (κ3) is 3.65. The number of nitrogens with one attached hydrogen (secondary N) is 2. The molecule has 0 saturated carbocycles. The molecular weight excluding hydrogens is 212 g/mol. The summed E-state index contributed by atoms with van der Waals surface area (Å²) < 4.78 is 0. The number of benzene rings is 2. The van der Waals surface area contributed by atoms with Crippen molar-refractivity contribution in [2.24, 2.45) is 0 Å². The van der Waals surface area contributed by atoms with Crippen LogP contribution in [0.5, 0.6) is 0 Å². The average molecular weight is 225 g/mol. The number of anilines is 1. The van der Waals surface area contributed by atoms with Crippen LogP contribution in [0, 0.1) is 6.07 Å². The monoisotopic (exact) mass is 225 g/mol. The molecule has 2 N–H and O–H groups in total. The summed E-state index contributed by atoms with van der Waals surface area (Å²) in [6, 6.07) is 19.6. The van der Waals surface area contributed by atoms with Gasteiger partial charge in [-0.25, -0.2) is 4.79 Å². The Morgan fingerprint density at radius 3 is 2.47 bits per heavy atom. The molecule has 85 valence electrons. The zero-order chi connectivity index (χ0) is 11.9. The van der Waals surface area contributed by atoms with Crippen molar-refractivity contribution in [3.63, 3.8) is 0 Å². The van der Waals surface area contributed by atoms with E-state index in [0.29, 0.717) is 6.54 Å². The molecule has 2 aromatic rings. The van der Waals surface area contributed by atoms with Crippen LogP contribution in [0.15, 0.2) is 54.6 Å². The van der Waals surface area contributed by atoms with Crippen LogP contribution < -0.4 is 10.6 Å². The molecule has 2 rings (SSSR count). The SMILES string of the molecule is O=C(NCc1ccccc1)Nc1cc[c]cc1. The van der Waals surface area contributed by atoms with Gasteiger partial charge in [0.2, 0.25) is 0 Å². The van der Waals surface area contributed by atoms with E-state index in [-0.39, 0.29) is 6.03 Å². The number of amides is 2. The van der Waals surface area contributed by atoms with E-state index in [1.807, 2.05) is 30.3 Å². The second kappa shape index (κ2) is 5.70. The van der Waals surface area contributed by atoms with Gasteiger partial charge in [-0.3, -0.25) is 0 Å². The zero-order valence-electron chi connectivity index (χ0n) is 9.31. The molecule has 0 aliphatic carbocycles. The summed E-state index contributed by atoms with van der Waals surface area (Å²) in [5.41, 5.74) is 1.83. The first kappa shape index (κ1) is 11.2. The third-order valence-electron chi connectivity index (χ3n) is 2.27. The van der Waals surface area contributed by atoms with E-state index in [4.69, 9.17) is 0 Å². The second-order valence-electron chi connectivity index (χ2n) is 3.58. The molecule has 0 unspecified atom stereocenters. The maximum Gasteiger partial charge on any atom is 0.319 e. The molecule has 0 fully saturated rings. The van der Waals surface area contributed by atoms with Gasteiger partial charge in [0.25, 0.3) is 0 Å². The summed E-state index contributed by atoms with van der Waals surface area (Å²) >= 11 is 0. The summed E-state index contributed by atoms with van der Waals surface area (Å²) in [7, 11) is 0. The summed E-state index contributed by atoms with van der Waals surface area (Å²) in [5.74, 6) is 0. The highest BCUT2D eigenvalue weighted by Gasteiger charge is 2.00. The Labute approximate surface area is 100 Å². The Hall–Kier alpha value is -2.29. The minimum Gasteiger partial charge on any atom is -0.334 e. The van der Waals surface area contributed by atoms with Crippen molar-refractivity contribution in [3.05, 3.63) is 66.2 Å². The number of hydrogen-bond acceptors (Lipinski definition) is 1. The number of carbonyl (C=O) groups excluding carboxylic acids is 1. The fraction of sp³-hybridized carbons (Fsp3) is 0.0714. The molecule has 0 heterocycles. The molecule has 0 spiro atoms. The van der Waals surface area contributed by atoms with E-state index < -0.39 is 0 Å². The van der Waals surface area contributed by atoms with Gasteiger partial charge in [0.15, 0.2) is 0 Å². The first-order chi connectivity index (χ1) is 8.34. The van der Waals surface area contributed by atoms with Gasteiger partial charge in [-0.1, -0.05) is 42.5 Å². The van der Waals surface area contributed by atoms with Crippen molar-refractivity contribution >= 4 is 11.7 Å². The number of urea groups is 1. The molecule has 0 atom stereocenters. The summed E-state index contributed by atoms with van der Waals surface area (Å²) in [4.78, 5) is 11.6. The second-order valence-corrected chi connectivity index (χ2v) is 3.58. The van der Waals surface area contributed by atoms with Gasteiger partial charge in [-0.2, -0.15) is 0 Å². The molecule has 2 amide bonds. The van der Waals surface area contributed by atoms with Gasteiger partial charge in [0.1, 0.15) is 0 Å². The minimum absolute atomic E-state index is 0.208. The van der Waals surface area contributed by atoms with Crippen LogP contribution in [0.1, 0.15) is 5.56 Å². The molecule has 0 aliphatic rings. The van der Waals surface area contributed by atoms with Crippen LogP contribution in [0.4, 0.5) is 10.5 Å². The van der Waals surface area contributed by atoms with E-state index in [1.165, 1.54) is 0 Å². The van der Waals surface area contributed by atoms with E-state index in [2.05, 4.69) is 16.7 Å². The molecule has 0 aliphatic heterocycles. The lowest BCUT2D eigenvalue weighted by molar-refractivity contribution is 0.251. The number of rotatable bonds is 3. The van der Waals surface area contributed by atoms with Crippen molar-refractivity contribution < 1.29 is 4.79 Å². The molecule has 0 saturated heterocycles. The molecule has 17 heavy (non-hydrogen) atoms. The van der Waals surface area contributed by atoms with E-state index in [1.54, 1.807) is 24.3 Å². The lowest BCUT2D eigenvalue weighted by Crippen LogP contribution is -2.28. The minimum atomic E-state index is -0.208. The van der Waals surface area contributed by atoms with Crippen molar-refractivity contribution in [3.8, 4) is 0 Å². The van der Waals surface area contributed by atoms with Crippen LogP contribution in [0.2, 0.25) is 0 Å². The van der Waals surface area contributed by atoms with E-state index in [9.17, 15) is 4.79 Å². The standard InChI is InChI=1S/C14H13N2O/c17-14(16-13-9-5-2-6-10-13)15-11-12-7-3-1-4-8-12/h1,3-10H,11H2,(H2,15,16,17). The molecule has 3 nitrogen and oxygen atoms in total. The highest BCUT2D eigenvalue weighted by atomic mass is 16.2. The summed E-state index contributed by atoms with van der Waals surface area (Å²) in [6.07, 6.45) is 0. The van der Waals surface area contributed by atoms with Crippen LogP contribution in [-0.4, -0.2) is 6.03 Å². The summed E-state index contributed by atoms with van der Waals surface area (Å²) in [5, 5.41) is 5.53. The Bertz CT molecular complexity index is 468. The van der Waals surface area contributed by atoms with Crippen LogP contribution >= 0.6 is 0 Å². The Morgan fingerprint density at radius 1 is 1.06 bits per heavy atom. The molecule has 0 aromatic heterocycles. The predicted molar refractivity (Wildman–Crippen MR) is 67.6 cm³/mol. The molecule has 2 aromatic carbocycles. The Balaban J connectivity index is 1.83. The number of hydrogen-bond donors (Lipinski definition) is 2. The van der Waals surface area contributed by atoms with Crippen molar-refractivity contribution in [2.45, 2.75) is 6.54 Å². The lowest BCUT2D eigenvalue weighted by atomic mass is 10.2. The lowest BCUT2D eigenvalue weighted by Gasteiger charge is -2.07. The van der Waals surface area contributed by atoms with Crippen LogP contribution in [0.25, 0.3) is 0 Å². The van der Waals surface area contributed by atoms with Crippen molar-refractivity contribution in [1.29, 1.82) is 0 Å². The van der Waals surface area contributed by atoms with Crippen molar-refractivity contribution in [2.75, 3.05) is 5.32 Å². The normalized spacial score (nSPS) is 9.65. The quantitative estimate of drug-likeness (QED) is 0.828. The molecule has 3 heteroatoms. The third-order valence-corrected chi connectivity index (χ3v) is 2.27. The topological polar surface area (TPSA) is 41.1 Å². The smallest absolute Gasteiger partial charge is 0.319 e. The molecule has 1 radical (unpaired) electrons. The van der Waals surface area contributed by atoms with Gasteiger partial charge in [0.05, 0.1) is 0 Å². The highest BCUT2D eigenvalue weighted by molar-refractivity contribution is 5.89. The van der Waals surface area contributed by atoms with Gasteiger partial charge in [0, 0.05) is 12.2 Å². The highest BCUT2D eigenvalue weighted by Crippen LogP contribution is 2.04.